The van der Waals surface area contributed by atoms with Gasteiger partial charge in [0.1, 0.15) is 0 Å². The first-order valence-electron chi connectivity index (χ1n) is 7.18. The third kappa shape index (κ3) is 4.85. The Morgan fingerprint density at radius 1 is 1.40 bits per heavy atom. The summed E-state index contributed by atoms with van der Waals surface area (Å²) < 4.78 is 12.8. The zero-order valence-corrected chi connectivity index (χ0v) is 14.1. The summed E-state index contributed by atoms with van der Waals surface area (Å²) >= 11 is 3.63. The van der Waals surface area contributed by atoms with Crippen LogP contribution in [-0.2, 0) is 9.47 Å². The lowest BCUT2D eigenvalue weighted by Gasteiger charge is -2.28. The van der Waals surface area contributed by atoms with Gasteiger partial charge in [0.15, 0.2) is 0 Å². The molecule has 1 heterocycles. The highest BCUT2D eigenvalue weighted by molar-refractivity contribution is 9.10. The van der Waals surface area contributed by atoms with E-state index in [0.717, 1.165) is 24.0 Å². The minimum Gasteiger partial charge on any atom is -0.379 e. The van der Waals surface area contributed by atoms with Crippen LogP contribution in [0.25, 0.3) is 0 Å². The lowest BCUT2D eigenvalue weighted by Crippen LogP contribution is -2.39. The van der Waals surface area contributed by atoms with Crippen LogP contribution in [-0.4, -0.2) is 31.4 Å². The Kier molecular flexibility index (Phi) is 5.61. The van der Waals surface area contributed by atoms with Crippen molar-refractivity contribution in [3.05, 3.63) is 34.3 Å². The summed E-state index contributed by atoms with van der Waals surface area (Å²) in [6.45, 7) is 8.81. The standard InChI is InChI=1S/C16H24BrNO2/c1-16(2,3)18-10-15(20-12-8-9-19-11-12)13-6-4-5-7-14(13)17/h4-7,12,15,18H,8-11H2,1-3H3. The van der Waals surface area contributed by atoms with E-state index in [1.807, 2.05) is 6.07 Å². The molecule has 3 nitrogen and oxygen atoms in total. The van der Waals surface area contributed by atoms with Gasteiger partial charge in [0.2, 0.25) is 0 Å². The van der Waals surface area contributed by atoms with E-state index in [1.54, 1.807) is 0 Å². The molecule has 1 aliphatic rings. The second kappa shape index (κ2) is 7.03. The summed E-state index contributed by atoms with van der Waals surface area (Å²) in [7, 11) is 0. The quantitative estimate of drug-likeness (QED) is 0.885. The molecule has 0 aliphatic carbocycles. The predicted molar refractivity (Wildman–Crippen MR) is 84.9 cm³/mol. The molecule has 1 aromatic rings. The highest BCUT2D eigenvalue weighted by atomic mass is 79.9. The fourth-order valence-corrected chi connectivity index (χ4v) is 2.76. The van der Waals surface area contributed by atoms with Crippen molar-refractivity contribution in [3.63, 3.8) is 0 Å². The number of hydrogen-bond donors (Lipinski definition) is 1. The van der Waals surface area contributed by atoms with E-state index in [4.69, 9.17) is 9.47 Å². The van der Waals surface area contributed by atoms with Crippen molar-refractivity contribution in [2.45, 2.75) is 44.9 Å². The predicted octanol–water partition coefficient (Wildman–Crippen LogP) is 3.68. The summed E-state index contributed by atoms with van der Waals surface area (Å²) in [5, 5.41) is 3.53. The van der Waals surface area contributed by atoms with E-state index < -0.39 is 0 Å². The molecule has 2 atom stereocenters. The monoisotopic (exact) mass is 341 g/mol. The van der Waals surface area contributed by atoms with Crippen molar-refractivity contribution in [2.24, 2.45) is 0 Å². The lowest BCUT2D eigenvalue weighted by molar-refractivity contribution is -0.0191. The largest absolute Gasteiger partial charge is 0.379 e. The lowest BCUT2D eigenvalue weighted by atomic mass is 10.1. The zero-order valence-electron chi connectivity index (χ0n) is 12.5. The highest BCUT2D eigenvalue weighted by Crippen LogP contribution is 2.28. The number of benzene rings is 1. The Hall–Kier alpha value is -0.420. The number of hydrogen-bond acceptors (Lipinski definition) is 3. The summed E-state index contributed by atoms with van der Waals surface area (Å²) in [5.74, 6) is 0. The molecule has 0 amide bonds. The van der Waals surface area contributed by atoms with Crippen molar-refractivity contribution in [3.8, 4) is 0 Å². The van der Waals surface area contributed by atoms with Gasteiger partial charge in [-0.15, -0.1) is 0 Å². The molecular weight excluding hydrogens is 318 g/mol. The molecule has 0 bridgehead atoms. The summed E-state index contributed by atoms with van der Waals surface area (Å²) in [4.78, 5) is 0. The first-order chi connectivity index (χ1) is 9.46. The topological polar surface area (TPSA) is 30.5 Å². The van der Waals surface area contributed by atoms with Gasteiger partial charge in [0, 0.05) is 23.2 Å². The molecule has 0 radical (unpaired) electrons. The van der Waals surface area contributed by atoms with Gasteiger partial charge in [0.25, 0.3) is 0 Å². The van der Waals surface area contributed by atoms with Crippen molar-refractivity contribution in [2.75, 3.05) is 19.8 Å². The summed E-state index contributed by atoms with van der Waals surface area (Å²) in [5.41, 5.74) is 1.27. The highest BCUT2D eigenvalue weighted by Gasteiger charge is 2.24. The maximum atomic E-state index is 6.26. The Labute approximate surface area is 130 Å². The van der Waals surface area contributed by atoms with Crippen molar-refractivity contribution < 1.29 is 9.47 Å². The second-order valence-corrected chi connectivity index (χ2v) is 7.12. The fourth-order valence-electron chi connectivity index (χ4n) is 2.22. The molecule has 1 saturated heterocycles. The minimum absolute atomic E-state index is 0.0384. The molecule has 1 aromatic carbocycles. The number of rotatable bonds is 5. The van der Waals surface area contributed by atoms with Crippen LogP contribution >= 0.6 is 15.9 Å². The van der Waals surface area contributed by atoms with E-state index in [0.29, 0.717) is 6.61 Å². The molecule has 20 heavy (non-hydrogen) atoms. The van der Waals surface area contributed by atoms with Gasteiger partial charge in [-0.3, -0.25) is 0 Å². The van der Waals surface area contributed by atoms with Gasteiger partial charge < -0.3 is 14.8 Å². The van der Waals surface area contributed by atoms with Gasteiger partial charge in [-0.25, -0.2) is 0 Å². The van der Waals surface area contributed by atoms with Crippen molar-refractivity contribution in [1.29, 1.82) is 0 Å². The third-order valence-corrected chi connectivity index (χ3v) is 4.04. The van der Waals surface area contributed by atoms with Gasteiger partial charge >= 0.3 is 0 Å². The Balaban J connectivity index is 2.08. The molecule has 112 valence electrons. The minimum atomic E-state index is 0.0384. The normalized spacial score (nSPS) is 21.1. The Morgan fingerprint density at radius 2 is 2.15 bits per heavy atom. The number of halogens is 1. The second-order valence-electron chi connectivity index (χ2n) is 6.26. The van der Waals surface area contributed by atoms with E-state index in [9.17, 15) is 0 Å². The third-order valence-electron chi connectivity index (χ3n) is 3.31. The molecule has 1 aliphatic heterocycles. The summed E-state index contributed by atoms with van der Waals surface area (Å²) in [6, 6.07) is 8.27. The molecule has 1 N–H and O–H groups in total. The van der Waals surface area contributed by atoms with E-state index >= 15 is 0 Å². The van der Waals surface area contributed by atoms with E-state index in [2.05, 4.69) is 60.2 Å². The first-order valence-corrected chi connectivity index (χ1v) is 7.98. The van der Waals surface area contributed by atoms with Gasteiger partial charge in [-0.1, -0.05) is 34.1 Å². The van der Waals surface area contributed by atoms with Gasteiger partial charge in [0.05, 0.1) is 18.8 Å². The summed E-state index contributed by atoms with van der Waals surface area (Å²) in [6.07, 6.45) is 1.22. The molecule has 0 saturated carbocycles. The molecular formula is C16H24BrNO2. The smallest absolute Gasteiger partial charge is 0.0965 e. The maximum Gasteiger partial charge on any atom is 0.0965 e. The SMILES string of the molecule is CC(C)(C)NCC(OC1CCOC1)c1ccccc1Br. The van der Waals surface area contributed by atoms with Crippen molar-refractivity contribution in [1.82, 2.24) is 5.32 Å². The molecule has 2 rings (SSSR count). The van der Waals surface area contributed by atoms with Crippen LogP contribution in [0.2, 0.25) is 0 Å². The van der Waals surface area contributed by atoms with Crippen LogP contribution < -0.4 is 5.32 Å². The van der Waals surface area contributed by atoms with Gasteiger partial charge in [-0.2, -0.15) is 0 Å². The number of ether oxygens (including phenoxy) is 2. The molecule has 4 heteroatoms. The molecule has 0 aromatic heterocycles. The maximum absolute atomic E-state index is 6.26. The molecule has 0 spiro atoms. The number of nitrogens with one attached hydrogen (secondary N) is 1. The molecule has 2 unspecified atom stereocenters. The average Bonchev–Trinajstić information content (AvgIpc) is 2.87. The van der Waals surface area contributed by atoms with Crippen LogP contribution in [0.5, 0.6) is 0 Å². The molecule has 1 fully saturated rings. The van der Waals surface area contributed by atoms with Crippen LogP contribution in [0.1, 0.15) is 38.9 Å². The fraction of sp³-hybridized carbons (Fsp3) is 0.625. The average molecular weight is 342 g/mol. The Bertz CT molecular complexity index is 425. The van der Waals surface area contributed by atoms with E-state index in [-0.39, 0.29) is 17.7 Å². The van der Waals surface area contributed by atoms with Crippen LogP contribution in [0.4, 0.5) is 0 Å². The van der Waals surface area contributed by atoms with E-state index in [1.165, 1.54) is 5.56 Å². The zero-order chi connectivity index (χ0) is 14.6. The van der Waals surface area contributed by atoms with Crippen molar-refractivity contribution >= 4 is 15.9 Å². The Morgan fingerprint density at radius 3 is 2.75 bits per heavy atom. The first kappa shape index (κ1) is 16.0. The van der Waals surface area contributed by atoms with Gasteiger partial charge in [-0.05, 0) is 38.8 Å². The van der Waals surface area contributed by atoms with Crippen LogP contribution in [0, 0.1) is 0 Å². The van der Waals surface area contributed by atoms with Crippen LogP contribution in [0.3, 0.4) is 0 Å². The van der Waals surface area contributed by atoms with Crippen LogP contribution in [0.15, 0.2) is 28.7 Å².